The average molecular weight is 466 g/mol. The Labute approximate surface area is 198 Å². The van der Waals surface area contributed by atoms with Gasteiger partial charge >= 0.3 is 5.97 Å². The number of aromatic nitrogens is 1. The number of halogens is 1. The van der Waals surface area contributed by atoms with Crippen LogP contribution in [0.5, 0.6) is 5.75 Å². The summed E-state index contributed by atoms with van der Waals surface area (Å²) < 4.78 is 19.2. The lowest BCUT2D eigenvalue weighted by atomic mass is 10.0. The zero-order valence-electron chi connectivity index (χ0n) is 19.2. The molecule has 1 heterocycles. The van der Waals surface area contributed by atoms with Gasteiger partial charge in [0.15, 0.2) is 0 Å². The molecule has 0 saturated carbocycles. The monoisotopic (exact) mass is 465 g/mol. The van der Waals surface area contributed by atoms with Gasteiger partial charge in [0.25, 0.3) is 5.91 Å². The van der Waals surface area contributed by atoms with E-state index >= 15 is 0 Å². The van der Waals surface area contributed by atoms with E-state index < -0.39 is 23.7 Å². The van der Waals surface area contributed by atoms with Gasteiger partial charge in [-0.15, -0.1) is 0 Å². The molecule has 34 heavy (non-hydrogen) atoms. The average Bonchev–Trinajstić information content (AvgIpc) is 2.84. The third-order valence-electron chi connectivity index (χ3n) is 5.35. The van der Waals surface area contributed by atoms with Crippen molar-refractivity contribution < 1.29 is 23.8 Å². The zero-order valence-corrected chi connectivity index (χ0v) is 19.2. The molecule has 3 aromatic rings. The summed E-state index contributed by atoms with van der Waals surface area (Å²) in [4.78, 5) is 28.8. The number of carboxylic acids is 1. The normalized spacial score (nSPS) is 11.5. The van der Waals surface area contributed by atoms with Crippen LogP contribution in [-0.2, 0) is 24.1 Å². The molecule has 1 amide bonds. The van der Waals surface area contributed by atoms with Gasteiger partial charge in [-0.3, -0.25) is 4.79 Å². The van der Waals surface area contributed by atoms with Crippen LogP contribution in [0.15, 0.2) is 60.7 Å². The number of nitrogens with zero attached hydrogens (tertiary/aromatic N) is 1. The Hall–Kier alpha value is -3.94. The number of amides is 1. The quantitative estimate of drug-likeness (QED) is 0.398. The topological polar surface area (TPSA) is 101 Å². The van der Waals surface area contributed by atoms with Crippen molar-refractivity contribution in [2.24, 2.45) is 0 Å². The molecule has 3 rings (SSSR count). The molecule has 0 saturated heterocycles. The van der Waals surface area contributed by atoms with Crippen LogP contribution < -0.4 is 15.4 Å². The zero-order chi connectivity index (χ0) is 24.5. The van der Waals surface area contributed by atoms with E-state index in [1.54, 1.807) is 31.2 Å². The number of benzene rings is 2. The minimum absolute atomic E-state index is 0.102. The molecule has 0 aliphatic rings. The summed E-state index contributed by atoms with van der Waals surface area (Å²) in [5.74, 6) is -0.672. The third kappa shape index (κ3) is 6.78. The van der Waals surface area contributed by atoms with Crippen LogP contribution in [0.1, 0.15) is 34.1 Å². The van der Waals surface area contributed by atoms with Crippen molar-refractivity contribution in [2.75, 3.05) is 19.0 Å². The van der Waals surface area contributed by atoms with Gasteiger partial charge in [-0.1, -0.05) is 25.1 Å². The Bertz CT molecular complexity index is 1140. The molecule has 0 fully saturated rings. The lowest BCUT2D eigenvalue weighted by Gasteiger charge is -2.16. The first kappa shape index (κ1) is 24.7. The van der Waals surface area contributed by atoms with Gasteiger partial charge in [0, 0.05) is 31.1 Å². The number of aryl methyl sites for hydroxylation is 1. The van der Waals surface area contributed by atoms with E-state index in [9.17, 15) is 19.1 Å². The summed E-state index contributed by atoms with van der Waals surface area (Å²) in [5, 5.41) is 15.2. The summed E-state index contributed by atoms with van der Waals surface area (Å²) in [7, 11) is 1.82. The van der Waals surface area contributed by atoms with Gasteiger partial charge < -0.3 is 20.5 Å². The Balaban J connectivity index is 1.57. The highest BCUT2D eigenvalue weighted by Crippen LogP contribution is 2.16. The molecule has 1 atom stereocenters. The number of carboxylic acid groups (broad SMARTS) is 1. The molecular weight excluding hydrogens is 437 g/mol. The molecule has 3 N–H and O–H groups in total. The fraction of sp³-hybridized carbons (Fsp3) is 0.269. The number of carbonyl (C=O) groups excluding carboxylic acids is 1. The minimum atomic E-state index is -1.15. The molecule has 0 aliphatic heterocycles. The predicted octanol–water partition coefficient (Wildman–Crippen LogP) is 3.87. The molecule has 2 aromatic carbocycles. The summed E-state index contributed by atoms with van der Waals surface area (Å²) in [5.41, 5.74) is 2.44. The molecule has 0 unspecified atom stereocenters. The maximum Gasteiger partial charge on any atom is 0.326 e. The van der Waals surface area contributed by atoms with Crippen molar-refractivity contribution in [3.63, 3.8) is 0 Å². The molecule has 7 nitrogen and oxygen atoms in total. The highest BCUT2D eigenvalue weighted by atomic mass is 19.1. The molecule has 0 bridgehead atoms. The van der Waals surface area contributed by atoms with Crippen molar-refractivity contribution >= 4 is 17.7 Å². The first-order valence-electron chi connectivity index (χ1n) is 11.1. The van der Waals surface area contributed by atoms with E-state index in [0.29, 0.717) is 30.8 Å². The van der Waals surface area contributed by atoms with Crippen LogP contribution in [0.4, 0.5) is 10.2 Å². The van der Waals surface area contributed by atoms with E-state index in [-0.39, 0.29) is 12.0 Å². The van der Waals surface area contributed by atoms with Crippen molar-refractivity contribution in [1.29, 1.82) is 0 Å². The highest BCUT2D eigenvalue weighted by Gasteiger charge is 2.22. The lowest BCUT2D eigenvalue weighted by Crippen LogP contribution is -2.42. The molecule has 1 aromatic heterocycles. The number of aliphatic carboxylic acids is 1. The second kappa shape index (κ2) is 11.8. The first-order valence-corrected chi connectivity index (χ1v) is 11.1. The number of hydrogen-bond acceptors (Lipinski definition) is 5. The summed E-state index contributed by atoms with van der Waals surface area (Å²) in [6.45, 7) is 2.25. The van der Waals surface area contributed by atoms with Gasteiger partial charge in [-0.05, 0) is 60.0 Å². The standard InChI is InChI=1S/C26H28FN3O4/c1-3-18-16-19(27)9-12-22(18)25(31)30-23(26(32)33)15-17-7-10-21(11-8-17)34-14-13-20-5-4-6-24(28-2)29-20/h4-12,16,23H,3,13-15H2,1-2H3,(H,28,29)(H,30,31)(H,32,33)/t23-/m0/s1. The molecular formula is C26H28FN3O4. The fourth-order valence-corrected chi connectivity index (χ4v) is 3.50. The smallest absolute Gasteiger partial charge is 0.326 e. The predicted molar refractivity (Wildman–Crippen MR) is 128 cm³/mol. The Morgan fingerprint density at radius 3 is 2.56 bits per heavy atom. The minimum Gasteiger partial charge on any atom is -0.493 e. The third-order valence-corrected chi connectivity index (χ3v) is 5.35. The number of carbonyl (C=O) groups is 2. The number of anilines is 1. The van der Waals surface area contributed by atoms with Gasteiger partial charge in [0.1, 0.15) is 23.4 Å². The first-order chi connectivity index (χ1) is 16.4. The van der Waals surface area contributed by atoms with Crippen LogP contribution in [-0.4, -0.2) is 41.7 Å². The largest absolute Gasteiger partial charge is 0.493 e. The number of hydrogen-bond donors (Lipinski definition) is 3. The molecule has 178 valence electrons. The Kier molecular flexibility index (Phi) is 8.56. The molecule has 0 aliphatic carbocycles. The molecule has 8 heteroatoms. The fourth-order valence-electron chi connectivity index (χ4n) is 3.50. The van der Waals surface area contributed by atoms with Gasteiger partial charge in [0.2, 0.25) is 0 Å². The van der Waals surface area contributed by atoms with Crippen LogP contribution in [0, 0.1) is 5.82 Å². The molecule has 0 spiro atoms. The van der Waals surface area contributed by atoms with E-state index in [1.165, 1.54) is 18.2 Å². The number of ether oxygens (including phenoxy) is 1. The van der Waals surface area contributed by atoms with Crippen LogP contribution in [0.25, 0.3) is 0 Å². The van der Waals surface area contributed by atoms with Crippen molar-refractivity contribution in [1.82, 2.24) is 10.3 Å². The van der Waals surface area contributed by atoms with Gasteiger partial charge in [-0.25, -0.2) is 14.2 Å². The van der Waals surface area contributed by atoms with E-state index in [4.69, 9.17) is 4.74 Å². The Morgan fingerprint density at radius 2 is 1.88 bits per heavy atom. The second-order valence-electron chi connectivity index (χ2n) is 7.73. The lowest BCUT2D eigenvalue weighted by molar-refractivity contribution is -0.139. The SMILES string of the molecule is CCc1cc(F)ccc1C(=O)N[C@@H](Cc1ccc(OCCc2cccc(NC)n2)cc1)C(=O)O. The maximum absolute atomic E-state index is 13.5. The van der Waals surface area contributed by atoms with Crippen LogP contribution >= 0.6 is 0 Å². The van der Waals surface area contributed by atoms with Crippen molar-refractivity contribution in [3.05, 3.63) is 88.9 Å². The number of rotatable bonds is 11. The van der Waals surface area contributed by atoms with Crippen LogP contribution in [0.3, 0.4) is 0 Å². The summed E-state index contributed by atoms with van der Waals surface area (Å²) in [6, 6.07) is 15.6. The number of nitrogens with one attached hydrogen (secondary N) is 2. The van der Waals surface area contributed by atoms with E-state index in [0.717, 1.165) is 17.1 Å². The summed E-state index contributed by atoms with van der Waals surface area (Å²) in [6.07, 6.45) is 1.20. The number of pyridine rings is 1. The van der Waals surface area contributed by atoms with E-state index in [2.05, 4.69) is 15.6 Å². The van der Waals surface area contributed by atoms with E-state index in [1.807, 2.05) is 25.2 Å². The molecule has 0 radical (unpaired) electrons. The van der Waals surface area contributed by atoms with Gasteiger partial charge in [-0.2, -0.15) is 0 Å². The Morgan fingerprint density at radius 1 is 1.12 bits per heavy atom. The highest BCUT2D eigenvalue weighted by molar-refractivity contribution is 5.97. The van der Waals surface area contributed by atoms with Gasteiger partial charge in [0.05, 0.1) is 6.61 Å². The summed E-state index contributed by atoms with van der Waals surface area (Å²) >= 11 is 0. The van der Waals surface area contributed by atoms with Crippen LogP contribution in [0.2, 0.25) is 0 Å². The maximum atomic E-state index is 13.5. The van der Waals surface area contributed by atoms with Crippen molar-refractivity contribution in [3.8, 4) is 5.75 Å². The van der Waals surface area contributed by atoms with Crippen molar-refractivity contribution in [2.45, 2.75) is 32.2 Å². The second-order valence-corrected chi connectivity index (χ2v) is 7.73.